The van der Waals surface area contributed by atoms with Gasteiger partial charge in [-0.2, -0.15) is 5.10 Å². The van der Waals surface area contributed by atoms with Crippen molar-refractivity contribution in [3.8, 4) is 11.5 Å². The number of ether oxygens (including phenoxy) is 3. The molecule has 23 heavy (non-hydrogen) atoms. The molecular formula is C15H20ClN3O4. The number of carbonyl (C=O) groups is 1. The predicted molar refractivity (Wildman–Crippen MR) is 87.6 cm³/mol. The van der Waals surface area contributed by atoms with Crippen molar-refractivity contribution in [3.05, 3.63) is 22.7 Å². The number of nitrogens with one attached hydrogen (secondary N) is 1. The number of morpholine rings is 1. The fraction of sp³-hybridized carbons (Fsp3) is 0.467. The van der Waals surface area contributed by atoms with Crippen molar-refractivity contribution in [2.45, 2.75) is 0 Å². The van der Waals surface area contributed by atoms with Crippen molar-refractivity contribution < 1.29 is 19.0 Å². The molecule has 0 saturated carbocycles. The zero-order valence-electron chi connectivity index (χ0n) is 13.2. The zero-order valence-corrected chi connectivity index (χ0v) is 13.9. The van der Waals surface area contributed by atoms with Gasteiger partial charge < -0.3 is 14.2 Å². The Morgan fingerprint density at radius 3 is 2.65 bits per heavy atom. The normalized spacial score (nSPS) is 15.6. The van der Waals surface area contributed by atoms with Crippen LogP contribution in [0.2, 0.25) is 5.02 Å². The molecule has 7 nitrogen and oxygen atoms in total. The van der Waals surface area contributed by atoms with Crippen LogP contribution in [0.5, 0.6) is 11.5 Å². The molecule has 1 aliphatic heterocycles. The summed E-state index contributed by atoms with van der Waals surface area (Å²) in [7, 11) is 3.07. The van der Waals surface area contributed by atoms with Gasteiger partial charge in [0.25, 0.3) is 5.91 Å². The number of hydrazone groups is 1. The fourth-order valence-corrected chi connectivity index (χ4v) is 2.34. The average Bonchev–Trinajstić information content (AvgIpc) is 2.56. The number of methoxy groups -OCH3 is 2. The van der Waals surface area contributed by atoms with E-state index in [-0.39, 0.29) is 5.91 Å². The average molecular weight is 342 g/mol. The number of carbonyl (C=O) groups excluding carboxylic acids is 1. The van der Waals surface area contributed by atoms with Gasteiger partial charge in [0.2, 0.25) is 0 Å². The smallest absolute Gasteiger partial charge is 0.254 e. The molecule has 0 spiro atoms. The lowest BCUT2D eigenvalue weighted by Crippen LogP contribution is -2.42. The molecule has 1 aliphatic rings. The lowest BCUT2D eigenvalue weighted by atomic mass is 10.2. The minimum absolute atomic E-state index is 0.181. The summed E-state index contributed by atoms with van der Waals surface area (Å²) in [5, 5.41) is 4.39. The van der Waals surface area contributed by atoms with Crippen LogP contribution in [0, 0.1) is 0 Å². The maximum atomic E-state index is 11.8. The van der Waals surface area contributed by atoms with Gasteiger partial charge in [-0.25, -0.2) is 5.43 Å². The Labute approximate surface area is 140 Å². The van der Waals surface area contributed by atoms with Crippen molar-refractivity contribution >= 4 is 23.7 Å². The van der Waals surface area contributed by atoms with E-state index >= 15 is 0 Å². The second-order valence-electron chi connectivity index (χ2n) is 4.91. The minimum Gasteiger partial charge on any atom is -0.493 e. The molecule has 0 bridgehead atoms. The summed E-state index contributed by atoms with van der Waals surface area (Å²) in [6, 6.07) is 3.33. The van der Waals surface area contributed by atoms with Crippen LogP contribution in [0.1, 0.15) is 5.56 Å². The molecule has 0 aromatic heterocycles. The lowest BCUT2D eigenvalue weighted by molar-refractivity contribution is -0.123. The topological polar surface area (TPSA) is 72.4 Å². The van der Waals surface area contributed by atoms with Crippen LogP contribution >= 0.6 is 11.6 Å². The molecule has 0 atom stereocenters. The highest BCUT2D eigenvalue weighted by Gasteiger charge is 2.13. The largest absolute Gasteiger partial charge is 0.493 e. The van der Waals surface area contributed by atoms with Gasteiger partial charge in [-0.15, -0.1) is 0 Å². The van der Waals surface area contributed by atoms with Gasteiger partial charge in [-0.05, 0) is 6.07 Å². The summed E-state index contributed by atoms with van der Waals surface area (Å²) in [5.74, 6) is 0.892. The fourth-order valence-electron chi connectivity index (χ4n) is 2.14. The van der Waals surface area contributed by atoms with Crippen molar-refractivity contribution in [1.29, 1.82) is 0 Å². The highest BCUT2D eigenvalue weighted by molar-refractivity contribution is 6.33. The van der Waals surface area contributed by atoms with Crippen LogP contribution in [0.25, 0.3) is 0 Å². The SMILES string of the molecule is COc1cc(Cl)c(C=NNC(=O)CN2CCOCC2)cc1OC. The Kier molecular flexibility index (Phi) is 6.64. The van der Waals surface area contributed by atoms with Crippen LogP contribution in [0.3, 0.4) is 0 Å². The summed E-state index contributed by atoms with van der Waals surface area (Å²) in [6.07, 6.45) is 1.47. The molecule has 1 fully saturated rings. The van der Waals surface area contributed by atoms with Crippen LogP contribution in [0.4, 0.5) is 0 Å². The maximum Gasteiger partial charge on any atom is 0.254 e. The predicted octanol–water partition coefficient (Wildman–Crippen LogP) is 1.14. The van der Waals surface area contributed by atoms with E-state index in [1.165, 1.54) is 20.4 Å². The van der Waals surface area contributed by atoms with Crippen molar-refractivity contribution in [1.82, 2.24) is 10.3 Å². The van der Waals surface area contributed by atoms with Gasteiger partial charge in [0.15, 0.2) is 11.5 Å². The maximum absolute atomic E-state index is 11.8. The van der Waals surface area contributed by atoms with E-state index in [4.69, 9.17) is 25.8 Å². The first-order chi connectivity index (χ1) is 11.1. The second-order valence-corrected chi connectivity index (χ2v) is 5.32. The van der Waals surface area contributed by atoms with E-state index in [1.807, 2.05) is 4.90 Å². The quantitative estimate of drug-likeness (QED) is 0.620. The highest BCUT2D eigenvalue weighted by Crippen LogP contribution is 2.32. The Morgan fingerprint density at radius 2 is 2.00 bits per heavy atom. The third kappa shape index (κ3) is 5.09. The standard InChI is InChI=1S/C15H20ClN3O4/c1-21-13-7-11(12(16)8-14(13)22-2)9-17-18-15(20)10-19-3-5-23-6-4-19/h7-9H,3-6,10H2,1-2H3,(H,18,20). The van der Waals surface area contributed by atoms with Crippen LogP contribution in [-0.4, -0.2) is 64.1 Å². The molecule has 1 N–H and O–H groups in total. The van der Waals surface area contributed by atoms with Crippen LogP contribution in [0.15, 0.2) is 17.2 Å². The third-order valence-electron chi connectivity index (χ3n) is 3.37. The molecule has 1 aromatic carbocycles. The Morgan fingerprint density at radius 1 is 1.35 bits per heavy atom. The highest BCUT2D eigenvalue weighted by atomic mass is 35.5. The first kappa shape index (κ1) is 17.5. The molecule has 1 saturated heterocycles. The van der Waals surface area contributed by atoms with Gasteiger partial charge in [0.05, 0.1) is 45.2 Å². The summed E-state index contributed by atoms with van der Waals surface area (Å²) in [6.45, 7) is 3.09. The number of nitrogens with zero attached hydrogens (tertiary/aromatic N) is 2. The van der Waals surface area contributed by atoms with Crippen molar-refractivity contribution in [2.24, 2.45) is 5.10 Å². The van der Waals surface area contributed by atoms with E-state index in [2.05, 4.69) is 10.5 Å². The van der Waals surface area contributed by atoms with Gasteiger partial charge in [0, 0.05) is 24.7 Å². The van der Waals surface area contributed by atoms with Crippen molar-refractivity contribution in [2.75, 3.05) is 47.1 Å². The van der Waals surface area contributed by atoms with E-state index in [9.17, 15) is 4.79 Å². The van der Waals surface area contributed by atoms with Crippen LogP contribution in [-0.2, 0) is 9.53 Å². The zero-order chi connectivity index (χ0) is 16.7. The van der Waals surface area contributed by atoms with Gasteiger partial charge in [0.1, 0.15) is 0 Å². The Bertz CT molecular complexity index is 574. The van der Waals surface area contributed by atoms with E-state index in [0.29, 0.717) is 41.8 Å². The number of halogens is 1. The van der Waals surface area contributed by atoms with Gasteiger partial charge in [-0.1, -0.05) is 11.6 Å². The minimum atomic E-state index is -0.181. The number of hydrogen-bond acceptors (Lipinski definition) is 6. The van der Waals surface area contributed by atoms with Crippen LogP contribution < -0.4 is 14.9 Å². The number of rotatable bonds is 6. The first-order valence-corrected chi connectivity index (χ1v) is 7.55. The summed E-state index contributed by atoms with van der Waals surface area (Å²) in [5.41, 5.74) is 3.11. The number of amides is 1. The monoisotopic (exact) mass is 341 g/mol. The molecule has 1 amide bonds. The summed E-state index contributed by atoms with van der Waals surface area (Å²) < 4.78 is 15.6. The van der Waals surface area contributed by atoms with E-state index in [0.717, 1.165) is 13.1 Å². The van der Waals surface area contributed by atoms with Gasteiger partial charge >= 0.3 is 0 Å². The molecule has 0 aliphatic carbocycles. The van der Waals surface area contributed by atoms with E-state index in [1.54, 1.807) is 12.1 Å². The molecule has 8 heteroatoms. The molecule has 0 radical (unpaired) electrons. The first-order valence-electron chi connectivity index (χ1n) is 7.17. The Balaban J connectivity index is 1.93. The molecule has 1 aromatic rings. The molecule has 126 valence electrons. The molecular weight excluding hydrogens is 322 g/mol. The van der Waals surface area contributed by atoms with Crippen molar-refractivity contribution in [3.63, 3.8) is 0 Å². The van der Waals surface area contributed by atoms with E-state index < -0.39 is 0 Å². The van der Waals surface area contributed by atoms with Gasteiger partial charge in [-0.3, -0.25) is 9.69 Å². The second kappa shape index (κ2) is 8.71. The Hall–Kier alpha value is -1.83. The lowest BCUT2D eigenvalue weighted by Gasteiger charge is -2.25. The summed E-state index contributed by atoms with van der Waals surface area (Å²) >= 11 is 6.15. The third-order valence-corrected chi connectivity index (χ3v) is 3.69. The molecule has 1 heterocycles. The number of benzene rings is 1. The number of hydrogen-bond donors (Lipinski definition) is 1. The summed E-state index contributed by atoms with van der Waals surface area (Å²) in [4.78, 5) is 13.8. The molecule has 0 unspecified atom stereocenters. The molecule has 2 rings (SSSR count).